The highest BCUT2D eigenvalue weighted by Crippen LogP contribution is 2.26. The number of hydrogen-bond acceptors (Lipinski definition) is 3. The number of nitrogens with one attached hydrogen (secondary N) is 1. The molecule has 5 heteroatoms. The first-order valence-electron chi connectivity index (χ1n) is 6.18. The number of aliphatic hydroxyl groups excluding tert-OH is 1. The zero-order valence-electron chi connectivity index (χ0n) is 10.3. The molecule has 0 aliphatic heterocycles. The molecule has 18 heavy (non-hydrogen) atoms. The minimum atomic E-state index is 0.0831. The van der Waals surface area contributed by atoms with E-state index in [2.05, 4.69) is 21.2 Å². The molecule has 0 fully saturated rings. The first-order chi connectivity index (χ1) is 8.69. The molecule has 0 heterocycles. The van der Waals surface area contributed by atoms with E-state index in [-0.39, 0.29) is 12.6 Å². The fourth-order valence-corrected chi connectivity index (χ4v) is 2.60. The topological polar surface area (TPSA) is 58.3 Å². The van der Waals surface area contributed by atoms with E-state index in [1.165, 1.54) is 0 Å². The predicted molar refractivity (Wildman–Crippen MR) is 79.9 cm³/mol. The summed E-state index contributed by atoms with van der Waals surface area (Å²) in [5.41, 5.74) is 6.81. The van der Waals surface area contributed by atoms with Crippen molar-refractivity contribution in [2.24, 2.45) is 5.73 Å². The molecule has 3 nitrogen and oxygen atoms in total. The summed E-state index contributed by atoms with van der Waals surface area (Å²) < 4.78 is 0.968. The van der Waals surface area contributed by atoms with Crippen LogP contribution in [0, 0.1) is 0 Å². The lowest BCUT2D eigenvalue weighted by Gasteiger charge is -2.18. The lowest BCUT2D eigenvalue weighted by molar-refractivity contribution is 0.282. The van der Waals surface area contributed by atoms with Crippen LogP contribution in [0.25, 0.3) is 0 Å². The van der Waals surface area contributed by atoms with Gasteiger partial charge in [-0.2, -0.15) is 0 Å². The van der Waals surface area contributed by atoms with Crippen LogP contribution in [0.15, 0.2) is 22.7 Å². The van der Waals surface area contributed by atoms with E-state index in [0.29, 0.717) is 6.54 Å². The first kappa shape index (κ1) is 15.9. The fraction of sp³-hybridized carbons (Fsp3) is 0.538. The number of benzene rings is 1. The Balaban J connectivity index is 2.49. The molecule has 0 aliphatic carbocycles. The van der Waals surface area contributed by atoms with Gasteiger partial charge in [0.2, 0.25) is 0 Å². The van der Waals surface area contributed by atoms with E-state index in [1.54, 1.807) is 0 Å². The van der Waals surface area contributed by atoms with Crippen molar-refractivity contribution >= 4 is 27.5 Å². The Labute approximate surface area is 122 Å². The number of hydrogen-bond donors (Lipinski definition) is 3. The average molecular weight is 336 g/mol. The number of aliphatic hydroxyl groups is 1. The van der Waals surface area contributed by atoms with Crippen molar-refractivity contribution in [2.75, 3.05) is 19.7 Å². The van der Waals surface area contributed by atoms with Gasteiger partial charge in [0.15, 0.2) is 0 Å². The Morgan fingerprint density at radius 1 is 1.33 bits per heavy atom. The zero-order chi connectivity index (χ0) is 13.4. The molecule has 1 atom stereocenters. The van der Waals surface area contributed by atoms with Crippen molar-refractivity contribution in [2.45, 2.75) is 25.3 Å². The normalized spacial score (nSPS) is 12.7. The molecule has 102 valence electrons. The van der Waals surface area contributed by atoms with Crippen LogP contribution in [0.1, 0.15) is 30.9 Å². The third-order valence-corrected chi connectivity index (χ3v) is 3.62. The summed E-state index contributed by atoms with van der Waals surface area (Å²) in [6.07, 6.45) is 2.91. The number of nitrogens with two attached hydrogens (primary N) is 1. The Morgan fingerprint density at radius 3 is 2.72 bits per heavy atom. The highest BCUT2D eigenvalue weighted by Gasteiger charge is 2.12. The van der Waals surface area contributed by atoms with Crippen molar-refractivity contribution in [3.05, 3.63) is 33.3 Å². The summed E-state index contributed by atoms with van der Waals surface area (Å²) >= 11 is 9.60. The quantitative estimate of drug-likeness (QED) is 0.640. The van der Waals surface area contributed by atoms with Gasteiger partial charge in [-0.15, -0.1) is 0 Å². The first-order valence-corrected chi connectivity index (χ1v) is 7.35. The van der Waals surface area contributed by atoms with Crippen molar-refractivity contribution in [1.82, 2.24) is 5.32 Å². The van der Waals surface area contributed by atoms with Crippen molar-refractivity contribution in [3.63, 3.8) is 0 Å². The fourth-order valence-electron chi connectivity index (χ4n) is 1.79. The van der Waals surface area contributed by atoms with Crippen LogP contribution < -0.4 is 11.1 Å². The van der Waals surface area contributed by atoms with Crippen LogP contribution in [-0.4, -0.2) is 24.8 Å². The maximum absolute atomic E-state index is 8.70. The van der Waals surface area contributed by atoms with Gasteiger partial charge in [0.1, 0.15) is 0 Å². The Hall–Kier alpha value is -0.130. The van der Waals surface area contributed by atoms with Crippen LogP contribution in [0.3, 0.4) is 0 Å². The molecule has 0 saturated carbocycles. The second-order valence-corrected chi connectivity index (χ2v) is 5.52. The van der Waals surface area contributed by atoms with Crippen molar-refractivity contribution < 1.29 is 5.11 Å². The van der Waals surface area contributed by atoms with Gasteiger partial charge in [0.25, 0.3) is 0 Å². The molecule has 1 unspecified atom stereocenters. The smallest absolute Gasteiger partial charge is 0.0465 e. The van der Waals surface area contributed by atoms with Crippen LogP contribution in [0.5, 0.6) is 0 Å². The molecule has 0 bridgehead atoms. The molecule has 1 rings (SSSR count). The van der Waals surface area contributed by atoms with Crippen LogP contribution in [0.4, 0.5) is 0 Å². The number of halogens is 2. The maximum Gasteiger partial charge on any atom is 0.0465 e. The Morgan fingerprint density at radius 2 is 2.11 bits per heavy atom. The highest BCUT2D eigenvalue weighted by molar-refractivity contribution is 9.10. The molecule has 0 aromatic heterocycles. The molecule has 0 radical (unpaired) electrons. The third kappa shape index (κ3) is 5.24. The van der Waals surface area contributed by atoms with E-state index < -0.39 is 0 Å². The predicted octanol–water partition coefficient (Wildman–Crippen LogP) is 2.85. The van der Waals surface area contributed by atoms with Gasteiger partial charge < -0.3 is 16.2 Å². The van der Waals surface area contributed by atoms with Gasteiger partial charge in [0, 0.05) is 28.7 Å². The summed E-state index contributed by atoms with van der Waals surface area (Å²) in [6.45, 7) is 1.66. The van der Waals surface area contributed by atoms with Crippen LogP contribution in [0.2, 0.25) is 5.02 Å². The largest absolute Gasteiger partial charge is 0.396 e. The van der Waals surface area contributed by atoms with Crippen LogP contribution in [-0.2, 0) is 0 Å². The van der Waals surface area contributed by atoms with Gasteiger partial charge in [-0.3, -0.25) is 0 Å². The SMILES string of the molecule is NCC(NCCCCCO)c1ccc(Br)cc1Cl. The van der Waals surface area contributed by atoms with Gasteiger partial charge >= 0.3 is 0 Å². The van der Waals surface area contributed by atoms with E-state index in [4.69, 9.17) is 22.4 Å². The zero-order valence-corrected chi connectivity index (χ0v) is 12.7. The Kier molecular flexibility index (Phi) is 7.86. The number of rotatable bonds is 8. The standard InChI is InChI=1S/C13H20BrClN2O/c14-10-4-5-11(12(15)8-10)13(9-16)17-6-2-1-3-7-18/h4-5,8,13,17-18H,1-3,6-7,9,16H2. The van der Waals surface area contributed by atoms with E-state index in [0.717, 1.165) is 40.9 Å². The summed E-state index contributed by atoms with van der Waals surface area (Å²) in [4.78, 5) is 0. The van der Waals surface area contributed by atoms with Crippen molar-refractivity contribution in [1.29, 1.82) is 0 Å². The maximum atomic E-state index is 8.70. The van der Waals surface area contributed by atoms with Crippen LogP contribution >= 0.6 is 27.5 Å². The monoisotopic (exact) mass is 334 g/mol. The summed E-state index contributed by atoms with van der Waals surface area (Å²) in [7, 11) is 0. The van der Waals surface area contributed by atoms with Gasteiger partial charge in [-0.1, -0.05) is 33.6 Å². The summed E-state index contributed by atoms with van der Waals surface area (Å²) in [6, 6.07) is 5.93. The summed E-state index contributed by atoms with van der Waals surface area (Å²) in [5.74, 6) is 0. The highest BCUT2D eigenvalue weighted by atomic mass is 79.9. The van der Waals surface area contributed by atoms with Gasteiger partial charge in [0.05, 0.1) is 0 Å². The molecule has 1 aromatic rings. The third-order valence-electron chi connectivity index (χ3n) is 2.80. The second-order valence-electron chi connectivity index (χ2n) is 4.19. The molecule has 0 aliphatic rings. The van der Waals surface area contributed by atoms with E-state index in [9.17, 15) is 0 Å². The molecule has 1 aromatic carbocycles. The molecular weight excluding hydrogens is 316 g/mol. The Bertz CT molecular complexity index is 363. The molecular formula is C13H20BrClN2O. The lowest BCUT2D eigenvalue weighted by atomic mass is 10.1. The average Bonchev–Trinajstić information content (AvgIpc) is 2.35. The lowest BCUT2D eigenvalue weighted by Crippen LogP contribution is -2.29. The summed E-state index contributed by atoms with van der Waals surface area (Å²) in [5, 5.41) is 12.8. The van der Waals surface area contributed by atoms with Gasteiger partial charge in [-0.25, -0.2) is 0 Å². The van der Waals surface area contributed by atoms with Crippen molar-refractivity contribution in [3.8, 4) is 0 Å². The van der Waals surface area contributed by atoms with E-state index >= 15 is 0 Å². The minimum Gasteiger partial charge on any atom is -0.396 e. The van der Waals surface area contributed by atoms with Gasteiger partial charge in [-0.05, 0) is 43.5 Å². The molecule has 0 saturated heterocycles. The minimum absolute atomic E-state index is 0.0831. The van der Waals surface area contributed by atoms with E-state index in [1.807, 2.05) is 18.2 Å². The molecule has 0 amide bonds. The molecule has 0 spiro atoms. The second kappa shape index (κ2) is 8.88. The molecule has 4 N–H and O–H groups in total. The number of unbranched alkanes of at least 4 members (excludes halogenated alkanes) is 2.